The molecular formula is C12H13ClO3. The van der Waals surface area contributed by atoms with Crippen molar-refractivity contribution in [3.8, 4) is 5.75 Å². The van der Waals surface area contributed by atoms with Crippen LogP contribution in [0.2, 0.25) is 5.02 Å². The molecule has 1 aliphatic heterocycles. The number of carbonyl (C=O) groups is 1. The van der Waals surface area contributed by atoms with Crippen molar-refractivity contribution >= 4 is 17.9 Å². The number of carbonyl (C=O) groups excluding carboxylic acids is 1. The highest BCUT2D eigenvalue weighted by Crippen LogP contribution is 2.23. The molecule has 1 heterocycles. The number of hydrogen-bond acceptors (Lipinski definition) is 3. The van der Waals surface area contributed by atoms with E-state index < -0.39 is 0 Å². The zero-order chi connectivity index (χ0) is 11.4. The van der Waals surface area contributed by atoms with Crippen molar-refractivity contribution in [1.82, 2.24) is 0 Å². The van der Waals surface area contributed by atoms with Gasteiger partial charge in [-0.1, -0.05) is 11.6 Å². The fraction of sp³-hybridized carbons (Fsp3) is 0.417. The van der Waals surface area contributed by atoms with E-state index >= 15 is 0 Å². The summed E-state index contributed by atoms with van der Waals surface area (Å²) < 4.78 is 10.8. The molecule has 0 radical (unpaired) electrons. The highest BCUT2D eigenvalue weighted by Gasteiger charge is 2.16. The third-order valence-electron chi connectivity index (χ3n) is 2.60. The summed E-state index contributed by atoms with van der Waals surface area (Å²) >= 11 is 5.79. The van der Waals surface area contributed by atoms with Crippen LogP contribution in [0.1, 0.15) is 16.8 Å². The van der Waals surface area contributed by atoms with E-state index in [1.807, 2.05) is 0 Å². The standard InChI is InChI=1S/C12H13ClO3/c13-11-1-2-12(10(5-11)6-14)16-8-9-3-4-15-7-9/h1-2,5-6,9H,3-4,7-8H2. The Labute approximate surface area is 99.3 Å². The van der Waals surface area contributed by atoms with Gasteiger partial charge in [-0.25, -0.2) is 0 Å². The Morgan fingerprint density at radius 1 is 1.56 bits per heavy atom. The van der Waals surface area contributed by atoms with Crippen LogP contribution < -0.4 is 4.74 Å². The summed E-state index contributed by atoms with van der Waals surface area (Å²) in [7, 11) is 0. The highest BCUT2D eigenvalue weighted by molar-refractivity contribution is 6.30. The number of aldehydes is 1. The van der Waals surface area contributed by atoms with E-state index in [0.29, 0.717) is 28.9 Å². The molecule has 0 spiro atoms. The molecule has 4 heteroatoms. The van der Waals surface area contributed by atoms with Gasteiger partial charge in [0.05, 0.1) is 18.8 Å². The molecule has 16 heavy (non-hydrogen) atoms. The predicted octanol–water partition coefficient (Wildman–Crippen LogP) is 2.57. The molecule has 0 aliphatic carbocycles. The first-order chi connectivity index (χ1) is 7.79. The van der Waals surface area contributed by atoms with Gasteiger partial charge in [0.2, 0.25) is 0 Å². The molecule has 1 aromatic carbocycles. The third-order valence-corrected chi connectivity index (χ3v) is 2.83. The van der Waals surface area contributed by atoms with Crippen molar-refractivity contribution in [2.75, 3.05) is 19.8 Å². The number of rotatable bonds is 4. The SMILES string of the molecule is O=Cc1cc(Cl)ccc1OCC1CCOC1. The van der Waals surface area contributed by atoms with Gasteiger partial charge in [-0.3, -0.25) is 4.79 Å². The second-order valence-corrected chi connectivity index (χ2v) is 4.28. The topological polar surface area (TPSA) is 35.5 Å². The van der Waals surface area contributed by atoms with Crippen LogP contribution in [-0.2, 0) is 4.74 Å². The lowest BCUT2D eigenvalue weighted by atomic mass is 10.1. The summed E-state index contributed by atoms with van der Waals surface area (Å²) in [4.78, 5) is 10.8. The second kappa shape index (κ2) is 5.32. The average molecular weight is 241 g/mol. The number of hydrogen-bond donors (Lipinski definition) is 0. The van der Waals surface area contributed by atoms with Crippen LogP contribution >= 0.6 is 11.6 Å². The van der Waals surface area contributed by atoms with E-state index in [1.165, 1.54) is 0 Å². The van der Waals surface area contributed by atoms with Crippen molar-refractivity contribution in [3.63, 3.8) is 0 Å². The van der Waals surface area contributed by atoms with E-state index in [-0.39, 0.29) is 0 Å². The molecule has 0 saturated carbocycles. The van der Waals surface area contributed by atoms with Crippen LogP contribution in [0, 0.1) is 5.92 Å². The Hall–Kier alpha value is -1.06. The Bertz CT molecular complexity index is 373. The summed E-state index contributed by atoms with van der Waals surface area (Å²) in [5, 5.41) is 0.540. The number of ether oxygens (including phenoxy) is 2. The number of halogens is 1. The zero-order valence-corrected chi connectivity index (χ0v) is 9.57. The van der Waals surface area contributed by atoms with Gasteiger partial charge in [0, 0.05) is 17.5 Å². The molecule has 1 aliphatic rings. The first-order valence-corrected chi connectivity index (χ1v) is 5.62. The lowest BCUT2D eigenvalue weighted by Gasteiger charge is -2.11. The molecule has 1 atom stereocenters. The molecule has 0 aromatic heterocycles. The van der Waals surface area contributed by atoms with Gasteiger partial charge in [0.15, 0.2) is 6.29 Å². The largest absolute Gasteiger partial charge is 0.492 e. The van der Waals surface area contributed by atoms with Gasteiger partial charge in [-0.2, -0.15) is 0 Å². The molecule has 3 nitrogen and oxygen atoms in total. The minimum Gasteiger partial charge on any atom is -0.492 e. The summed E-state index contributed by atoms with van der Waals surface area (Å²) in [6.07, 6.45) is 1.77. The first kappa shape index (κ1) is 11.4. The monoisotopic (exact) mass is 240 g/mol. The quantitative estimate of drug-likeness (QED) is 0.759. The van der Waals surface area contributed by atoms with Gasteiger partial charge in [-0.15, -0.1) is 0 Å². The Balaban J connectivity index is 1.99. The molecule has 86 valence electrons. The molecule has 1 fully saturated rings. The lowest BCUT2D eigenvalue weighted by molar-refractivity contribution is 0.111. The van der Waals surface area contributed by atoms with E-state index in [0.717, 1.165) is 25.9 Å². The molecule has 2 rings (SSSR count). The average Bonchev–Trinajstić information content (AvgIpc) is 2.80. The van der Waals surface area contributed by atoms with Crippen molar-refractivity contribution in [2.45, 2.75) is 6.42 Å². The summed E-state index contributed by atoms with van der Waals surface area (Å²) in [6, 6.07) is 5.05. The molecule has 1 aromatic rings. The van der Waals surface area contributed by atoms with E-state index in [1.54, 1.807) is 18.2 Å². The number of benzene rings is 1. The van der Waals surface area contributed by atoms with E-state index in [4.69, 9.17) is 21.1 Å². The maximum absolute atomic E-state index is 10.8. The van der Waals surface area contributed by atoms with E-state index in [9.17, 15) is 4.79 Å². The second-order valence-electron chi connectivity index (χ2n) is 3.84. The molecule has 1 saturated heterocycles. The Morgan fingerprint density at radius 2 is 2.44 bits per heavy atom. The van der Waals surface area contributed by atoms with Crippen LogP contribution in [-0.4, -0.2) is 26.1 Å². The van der Waals surface area contributed by atoms with Crippen LogP contribution in [0.5, 0.6) is 5.75 Å². The van der Waals surface area contributed by atoms with Crippen LogP contribution in [0.15, 0.2) is 18.2 Å². The molecule has 0 N–H and O–H groups in total. The van der Waals surface area contributed by atoms with Gasteiger partial charge in [-0.05, 0) is 24.6 Å². The van der Waals surface area contributed by atoms with Gasteiger partial charge < -0.3 is 9.47 Å². The van der Waals surface area contributed by atoms with Crippen LogP contribution in [0.3, 0.4) is 0 Å². The van der Waals surface area contributed by atoms with Gasteiger partial charge in [0.25, 0.3) is 0 Å². The van der Waals surface area contributed by atoms with Crippen molar-refractivity contribution < 1.29 is 14.3 Å². The highest BCUT2D eigenvalue weighted by atomic mass is 35.5. The normalized spacial score (nSPS) is 19.7. The van der Waals surface area contributed by atoms with Crippen LogP contribution in [0.4, 0.5) is 0 Å². The summed E-state index contributed by atoms with van der Waals surface area (Å²) in [5.41, 5.74) is 0.492. The summed E-state index contributed by atoms with van der Waals surface area (Å²) in [5.74, 6) is 1.02. The van der Waals surface area contributed by atoms with Gasteiger partial charge in [0.1, 0.15) is 5.75 Å². The molecular weight excluding hydrogens is 228 g/mol. The fourth-order valence-corrected chi connectivity index (χ4v) is 1.85. The maximum Gasteiger partial charge on any atom is 0.153 e. The minimum atomic E-state index is 0.426. The zero-order valence-electron chi connectivity index (χ0n) is 8.82. The third kappa shape index (κ3) is 2.74. The maximum atomic E-state index is 10.8. The van der Waals surface area contributed by atoms with E-state index in [2.05, 4.69) is 0 Å². The minimum absolute atomic E-state index is 0.426. The molecule has 0 bridgehead atoms. The van der Waals surface area contributed by atoms with Crippen LogP contribution in [0.25, 0.3) is 0 Å². The Kier molecular flexibility index (Phi) is 3.80. The first-order valence-electron chi connectivity index (χ1n) is 5.25. The Morgan fingerprint density at radius 3 is 3.12 bits per heavy atom. The molecule has 1 unspecified atom stereocenters. The molecule has 0 amide bonds. The predicted molar refractivity (Wildman–Crippen MR) is 61.3 cm³/mol. The fourth-order valence-electron chi connectivity index (χ4n) is 1.67. The van der Waals surface area contributed by atoms with Crippen molar-refractivity contribution in [2.24, 2.45) is 5.92 Å². The van der Waals surface area contributed by atoms with Crippen molar-refractivity contribution in [3.05, 3.63) is 28.8 Å². The van der Waals surface area contributed by atoms with Gasteiger partial charge >= 0.3 is 0 Å². The summed E-state index contributed by atoms with van der Waals surface area (Å²) in [6.45, 7) is 2.13. The lowest BCUT2D eigenvalue weighted by Crippen LogP contribution is -2.12. The smallest absolute Gasteiger partial charge is 0.153 e. The van der Waals surface area contributed by atoms with Crippen molar-refractivity contribution in [1.29, 1.82) is 0 Å².